The minimum Gasteiger partial charge on any atom is -0.508 e. The number of phenols is 1. The minimum atomic E-state index is -0.322. The Bertz CT molecular complexity index is 616. The van der Waals surface area contributed by atoms with Crippen LogP contribution in [0, 0.1) is 11.3 Å². The van der Waals surface area contributed by atoms with Crippen LogP contribution >= 0.6 is 0 Å². The molecule has 1 aliphatic heterocycles. The topological polar surface area (TPSA) is 76.4 Å². The molecule has 1 fully saturated rings. The van der Waals surface area contributed by atoms with Crippen molar-refractivity contribution >= 4 is 5.91 Å². The molecule has 1 heterocycles. The van der Waals surface area contributed by atoms with Gasteiger partial charge in [-0.05, 0) is 49.8 Å². The lowest BCUT2D eigenvalue weighted by Gasteiger charge is -2.34. The number of nitrogens with zero attached hydrogens (tertiary/aromatic N) is 2. The van der Waals surface area contributed by atoms with Gasteiger partial charge in [-0.2, -0.15) is 5.26 Å². The van der Waals surface area contributed by atoms with E-state index >= 15 is 0 Å². The van der Waals surface area contributed by atoms with Gasteiger partial charge in [0.1, 0.15) is 17.4 Å². The molecule has 2 rings (SSSR count). The van der Waals surface area contributed by atoms with Gasteiger partial charge in [0.15, 0.2) is 0 Å². The Balaban J connectivity index is 1.89. The van der Waals surface area contributed by atoms with Crippen molar-refractivity contribution in [3.05, 3.63) is 41.6 Å². The fourth-order valence-electron chi connectivity index (χ4n) is 3.01. The number of aromatic hydroxyl groups is 1. The van der Waals surface area contributed by atoms with E-state index in [1.165, 1.54) is 6.42 Å². The molecule has 0 spiro atoms. The lowest BCUT2D eigenvalue weighted by Crippen LogP contribution is -2.36. The highest BCUT2D eigenvalue weighted by Crippen LogP contribution is 2.20. The second-order valence-corrected chi connectivity index (χ2v) is 6.12. The maximum absolute atomic E-state index is 12.2. The SMILES string of the molecule is CCC1CCCCN1/C=C(/C#N)C(=O)NCCc1ccc(O)cc1. The Morgan fingerprint density at radius 2 is 2.17 bits per heavy atom. The highest BCUT2D eigenvalue weighted by molar-refractivity contribution is 5.97. The highest BCUT2D eigenvalue weighted by Gasteiger charge is 2.20. The van der Waals surface area contributed by atoms with Crippen LogP contribution in [0.5, 0.6) is 5.75 Å². The molecule has 5 heteroatoms. The summed E-state index contributed by atoms with van der Waals surface area (Å²) in [6.07, 6.45) is 6.85. The van der Waals surface area contributed by atoms with E-state index in [4.69, 9.17) is 0 Å². The average molecular weight is 327 g/mol. The molecule has 1 saturated heterocycles. The Labute approximate surface area is 143 Å². The number of nitriles is 1. The number of carbonyl (C=O) groups is 1. The number of likely N-dealkylation sites (tertiary alicyclic amines) is 1. The van der Waals surface area contributed by atoms with Crippen molar-refractivity contribution in [2.45, 2.75) is 45.1 Å². The van der Waals surface area contributed by atoms with E-state index < -0.39 is 0 Å². The van der Waals surface area contributed by atoms with Crippen LogP contribution in [0.3, 0.4) is 0 Å². The fraction of sp³-hybridized carbons (Fsp3) is 0.474. The van der Waals surface area contributed by atoms with Gasteiger partial charge < -0.3 is 15.3 Å². The van der Waals surface area contributed by atoms with Gasteiger partial charge in [-0.15, -0.1) is 0 Å². The van der Waals surface area contributed by atoms with Crippen molar-refractivity contribution in [2.75, 3.05) is 13.1 Å². The van der Waals surface area contributed by atoms with Crippen LogP contribution in [-0.4, -0.2) is 35.0 Å². The third-order valence-electron chi connectivity index (χ3n) is 4.44. The zero-order valence-electron chi connectivity index (χ0n) is 14.2. The number of amides is 1. The van der Waals surface area contributed by atoms with Crippen LogP contribution in [0.25, 0.3) is 0 Å². The summed E-state index contributed by atoms with van der Waals surface area (Å²) < 4.78 is 0. The molecule has 5 nitrogen and oxygen atoms in total. The van der Waals surface area contributed by atoms with Crippen LogP contribution in [0.15, 0.2) is 36.0 Å². The van der Waals surface area contributed by atoms with E-state index in [1.54, 1.807) is 18.3 Å². The summed E-state index contributed by atoms with van der Waals surface area (Å²) in [6.45, 7) is 3.50. The Kier molecular flexibility index (Phi) is 6.68. The van der Waals surface area contributed by atoms with Gasteiger partial charge in [0.05, 0.1) is 0 Å². The molecule has 1 aromatic rings. The first kappa shape index (κ1) is 17.9. The zero-order chi connectivity index (χ0) is 17.4. The lowest BCUT2D eigenvalue weighted by molar-refractivity contribution is -0.117. The molecule has 1 aromatic carbocycles. The van der Waals surface area contributed by atoms with Crippen LogP contribution in [0.4, 0.5) is 0 Å². The Morgan fingerprint density at radius 3 is 2.83 bits per heavy atom. The number of piperidine rings is 1. The van der Waals surface area contributed by atoms with Gasteiger partial charge in [0.25, 0.3) is 5.91 Å². The first-order valence-electron chi connectivity index (χ1n) is 8.57. The summed E-state index contributed by atoms with van der Waals surface area (Å²) in [5, 5.41) is 21.4. The lowest BCUT2D eigenvalue weighted by atomic mass is 10.0. The summed E-state index contributed by atoms with van der Waals surface area (Å²) in [7, 11) is 0. The quantitative estimate of drug-likeness (QED) is 0.622. The van der Waals surface area contributed by atoms with Crippen molar-refractivity contribution in [2.24, 2.45) is 0 Å². The van der Waals surface area contributed by atoms with E-state index in [0.29, 0.717) is 19.0 Å². The number of phenolic OH excluding ortho intramolecular Hbond substituents is 1. The summed E-state index contributed by atoms with van der Waals surface area (Å²) in [5.74, 6) is -0.0961. The number of benzene rings is 1. The first-order chi connectivity index (χ1) is 11.6. The molecule has 0 radical (unpaired) electrons. The molecule has 0 bridgehead atoms. The average Bonchev–Trinajstić information content (AvgIpc) is 2.61. The summed E-state index contributed by atoms with van der Waals surface area (Å²) in [4.78, 5) is 14.4. The molecule has 1 atom stereocenters. The van der Waals surface area contributed by atoms with Gasteiger partial charge >= 0.3 is 0 Å². The second-order valence-electron chi connectivity index (χ2n) is 6.12. The van der Waals surface area contributed by atoms with Gasteiger partial charge in [-0.25, -0.2) is 0 Å². The summed E-state index contributed by atoms with van der Waals surface area (Å²) in [6, 6.07) is 9.34. The second kappa shape index (κ2) is 8.97. The Morgan fingerprint density at radius 1 is 1.42 bits per heavy atom. The number of carbonyl (C=O) groups excluding carboxylic acids is 1. The molecule has 1 amide bonds. The molecule has 0 aromatic heterocycles. The molecular formula is C19H25N3O2. The molecule has 2 N–H and O–H groups in total. The Hall–Kier alpha value is -2.48. The maximum Gasteiger partial charge on any atom is 0.263 e. The van der Waals surface area contributed by atoms with E-state index in [0.717, 1.165) is 31.4 Å². The van der Waals surface area contributed by atoms with Crippen molar-refractivity contribution in [1.82, 2.24) is 10.2 Å². The number of hydrogen-bond donors (Lipinski definition) is 2. The molecule has 0 aliphatic carbocycles. The van der Waals surface area contributed by atoms with Crippen LogP contribution in [-0.2, 0) is 11.2 Å². The number of nitrogens with one attached hydrogen (secondary N) is 1. The highest BCUT2D eigenvalue weighted by atomic mass is 16.3. The first-order valence-corrected chi connectivity index (χ1v) is 8.57. The van der Waals surface area contributed by atoms with Gasteiger partial charge in [-0.1, -0.05) is 19.1 Å². The summed E-state index contributed by atoms with van der Waals surface area (Å²) >= 11 is 0. The van der Waals surface area contributed by atoms with Crippen LogP contribution in [0.1, 0.15) is 38.2 Å². The van der Waals surface area contributed by atoms with E-state index in [1.807, 2.05) is 18.2 Å². The van der Waals surface area contributed by atoms with Gasteiger partial charge in [0, 0.05) is 25.3 Å². The fourth-order valence-corrected chi connectivity index (χ4v) is 3.01. The van der Waals surface area contributed by atoms with Gasteiger partial charge in [-0.3, -0.25) is 4.79 Å². The van der Waals surface area contributed by atoms with Crippen molar-refractivity contribution in [3.8, 4) is 11.8 Å². The normalized spacial score (nSPS) is 18.1. The van der Waals surface area contributed by atoms with Crippen molar-refractivity contribution < 1.29 is 9.90 Å². The molecule has 1 aliphatic rings. The van der Waals surface area contributed by atoms with Crippen LogP contribution in [0.2, 0.25) is 0 Å². The maximum atomic E-state index is 12.2. The number of hydrogen-bond acceptors (Lipinski definition) is 4. The predicted octanol–water partition coefficient (Wildman–Crippen LogP) is 2.72. The minimum absolute atomic E-state index is 0.168. The molecule has 1 unspecified atom stereocenters. The van der Waals surface area contributed by atoms with Crippen LogP contribution < -0.4 is 5.32 Å². The predicted molar refractivity (Wildman–Crippen MR) is 93.2 cm³/mol. The molecule has 0 saturated carbocycles. The third kappa shape index (κ3) is 5.02. The smallest absolute Gasteiger partial charge is 0.263 e. The summed E-state index contributed by atoms with van der Waals surface area (Å²) in [5.41, 5.74) is 1.19. The third-order valence-corrected chi connectivity index (χ3v) is 4.44. The van der Waals surface area contributed by atoms with Crippen molar-refractivity contribution in [1.29, 1.82) is 5.26 Å². The van der Waals surface area contributed by atoms with Crippen molar-refractivity contribution in [3.63, 3.8) is 0 Å². The zero-order valence-corrected chi connectivity index (χ0v) is 14.2. The molecule has 128 valence electrons. The van der Waals surface area contributed by atoms with E-state index in [2.05, 4.69) is 17.1 Å². The molecule has 24 heavy (non-hydrogen) atoms. The monoisotopic (exact) mass is 327 g/mol. The number of rotatable bonds is 6. The standard InChI is InChI=1S/C19H25N3O2/c1-2-17-5-3-4-12-22(17)14-16(13-20)19(24)21-11-10-15-6-8-18(23)9-7-15/h6-9,14,17,23H,2-5,10-12H2,1H3,(H,21,24)/b16-14-. The van der Waals surface area contributed by atoms with E-state index in [9.17, 15) is 15.2 Å². The van der Waals surface area contributed by atoms with Gasteiger partial charge in [0.2, 0.25) is 0 Å². The largest absolute Gasteiger partial charge is 0.508 e. The molecular weight excluding hydrogens is 302 g/mol. The van der Waals surface area contributed by atoms with E-state index in [-0.39, 0.29) is 17.2 Å².